The first kappa shape index (κ1) is 20.1. The van der Waals surface area contributed by atoms with Gasteiger partial charge in [0, 0.05) is 37.2 Å². The monoisotopic (exact) mass is 401 g/mol. The van der Waals surface area contributed by atoms with E-state index in [0.29, 0.717) is 23.4 Å². The van der Waals surface area contributed by atoms with Gasteiger partial charge in [-0.3, -0.25) is 4.79 Å². The molecule has 1 aromatic heterocycles. The highest BCUT2D eigenvalue weighted by Crippen LogP contribution is 2.21. The van der Waals surface area contributed by atoms with Crippen molar-refractivity contribution < 1.29 is 18.0 Å². The Morgan fingerprint density at radius 3 is 2.24 bits per heavy atom. The molecule has 0 aliphatic carbocycles. The maximum atomic E-state index is 13.7. The lowest BCUT2D eigenvalue weighted by Gasteiger charge is -2.14. The van der Waals surface area contributed by atoms with Crippen molar-refractivity contribution in [3.63, 3.8) is 0 Å². The molecular weight excluding hydrogens is 383 g/mol. The number of anilines is 4. The van der Waals surface area contributed by atoms with E-state index in [4.69, 9.17) is 0 Å². The number of hydrogen-bond acceptors (Lipinski definition) is 5. The molecule has 1 heterocycles. The molecule has 0 fully saturated rings. The van der Waals surface area contributed by atoms with Gasteiger partial charge >= 0.3 is 0 Å². The van der Waals surface area contributed by atoms with Gasteiger partial charge in [-0.25, -0.2) is 18.2 Å². The lowest BCUT2D eigenvalue weighted by Crippen LogP contribution is -2.15. The molecule has 0 saturated carbocycles. The van der Waals surface area contributed by atoms with E-state index in [1.54, 1.807) is 24.3 Å². The standard InChI is InChI=1S/C20H18F3N5O/c1-11-10-16(28(2)3)27-20(24-11)26-13-6-4-12(5-7-13)25-19(29)14-8-9-15(21)18(23)17(14)22/h4-10H,1-3H3,(H,25,29)(H,24,26,27). The second-order valence-electron chi connectivity index (χ2n) is 6.46. The van der Waals surface area contributed by atoms with E-state index < -0.39 is 28.9 Å². The van der Waals surface area contributed by atoms with Gasteiger partial charge in [0.1, 0.15) is 5.82 Å². The molecular formula is C20H18F3N5O. The van der Waals surface area contributed by atoms with Crippen LogP contribution in [0.2, 0.25) is 0 Å². The fourth-order valence-electron chi connectivity index (χ4n) is 2.50. The molecule has 9 heteroatoms. The molecule has 150 valence electrons. The summed E-state index contributed by atoms with van der Waals surface area (Å²) in [6, 6.07) is 9.90. The molecule has 0 atom stereocenters. The zero-order chi connectivity index (χ0) is 21.1. The number of aromatic nitrogens is 2. The Hall–Kier alpha value is -3.62. The van der Waals surface area contributed by atoms with Crippen LogP contribution in [0.25, 0.3) is 0 Å². The molecule has 0 saturated heterocycles. The number of halogens is 3. The second-order valence-corrected chi connectivity index (χ2v) is 6.46. The number of carbonyl (C=O) groups excluding carboxylic acids is 1. The molecule has 1 amide bonds. The normalized spacial score (nSPS) is 10.6. The summed E-state index contributed by atoms with van der Waals surface area (Å²) in [4.78, 5) is 22.7. The molecule has 0 spiro atoms. The Bertz CT molecular complexity index is 1050. The SMILES string of the molecule is Cc1cc(N(C)C)nc(Nc2ccc(NC(=O)c3ccc(F)c(F)c3F)cc2)n1. The van der Waals surface area contributed by atoms with Crippen LogP contribution in [0.5, 0.6) is 0 Å². The van der Waals surface area contributed by atoms with Crippen molar-refractivity contribution in [2.75, 3.05) is 29.6 Å². The number of aryl methyl sites for hydroxylation is 1. The van der Waals surface area contributed by atoms with Crippen molar-refractivity contribution >= 4 is 29.0 Å². The predicted octanol–water partition coefficient (Wildman–Crippen LogP) is 4.26. The van der Waals surface area contributed by atoms with Gasteiger partial charge in [0.25, 0.3) is 5.91 Å². The lowest BCUT2D eigenvalue weighted by molar-refractivity contribution is 0.102. The Balaban J connectivity index is 1.72. The van der Waals surface area contributed by atoms with Crippen molar-refractivity contribution in [3.05, 3.63) is 71.2 Å². The van der Waals surface area contributed by atoms with Gasteiger partial charge in [-0.05, 0) is 43.3 Å². The number of benzene rings is 2. The van der Waals surface area contributed by atoms with Gasteiger partial charge in [0.05, 0.1) is 5.56 Å². The largest absolute Gasteiger partial charge is 0.363 e. The third-order valence-electron chi connectivity index (χ3n) is 3.98. The number of amides is 1. The lowest BCUT2D eigenvalue weighted by atomic mass is 10.1. The molecule has 0 radical (unpaired) electrons. The maximum absolute atomic E-state index is 13.7. The van der Waals surface area contributed by atoms with E-state index in [-0.39, 0.29) is 0 Å². The van der Waals surface area contributed by atoms with Gasteiger partial charge in [0.15, 0.2) is 17.5 Å². The van der Waals surface area contributed by atoms with E-state index in [0.717, 1.165) is 17.6 Å². The van der Waals surface area contributed by atoms with Gasteiger partial charge in [0.2, 0.25) is 5.95 Å². The first-order valence-corrected chi connectivity index (χ1v) is 8.59. The summed E-state index contributed by atoms with van der Waals surface area (Å²) in [5.41, 5.74) is 1.22. The highest BCUT2D eigenvalue weighted by atomic mass is 19.2. The minimum Gasteiger partial charge on any atom is -0.363 e. The average Bonchev–Trinajstić information content (AvgIpc) is 2.67. The summed E-state index contributed by atoms with van der Waals surface area (Å²) in [5, 5.41) is 5.50. The van der Waals surface area contributed by atoms with Crippen LogP contribution in [0.1, 0.15) is 16.1 Å². The van der Waals surface area contributed by atoms with Crippen LogP contribution in [-0.4, -0.2) is 30.0 Å². The highest BCUT2D eigenvalue weighted by molar-refractivity contribution is 6.04. The Morgan fingerprint density at radius 1 is 0.931 bits per heavy atom. The number of hydrogen-bond donors (Lipinski definition) is 2. The fraction of sp³-hybridized carbons (Fsp3) is 0.150. The number of carbonyl (C=O) groups is 1. The zero-order valence-corrected chi connectivity index (χ0v) is 15.9. The molecule has 3 rings (SSSR count). The van der Waals surface area contributed by atoms with Crippen LogP contribution in [0.4, 0.5) is 36.3 Å². The molecule has 0 unspecified atom stereocenters. The van der Waals surface area contributed by atoms with Gasteiger partial charge in [-0.15, -0.1) is 0 Å². The van der Waals surface area contributed by atoms with E-state index in [1.807, 2.05) is 32.0 Å². The summed E-state index contributed by atoms with van der Waals surface area (Å²) in [5.74, 6) is -4.31. The summed E-state index contributed by atoms with van der Waals surface area (Å²) in [6.07, 6.45) is 0. The molecule has 0 aliphatic rings. The number of rotatable bonds is 5. The quantitative estimate of drug-likeness (QED) is 0.625. The van der Waals surface area contributed by atoms with Crippen LogP contribution < -0.4 is 15.5 Å². The van der Waals surface area contributed by atoms with Crippen LogP contribution in [0.3, 0.4) is 0 Å². The Kier molecular flexibility index (Phi) is 5.67. The van der Waals surface area contributed by atoms with Crippen LogP contribution in [0.15, 0.2) is 42.5 Å². The predicted molar refractivity (Wildman–Crippen MR) is 105 cm³/mol. The third kappa shape index (κ3) is 4.63. The summed E-state index contributed by atoms with van der Waals surface area (Å²) >= 11 is 0. The molecule has 0 aliphatic heterocycles. The van der Waals surface area contributed by atoms with Crippen molar-refractivity contribution in [1.82, 2.24) is 9.97 Å². The molecule has 2 aromatic carbocycles. The fourth-order valence-corrected chi connectivity index (χ4v) is 2.50. The van der Waals surface area contributed by atoms with Crippen molar-refractivity contribution in [3.8, 4) is 0 Å². The molecule has 0 bridgehead atoms. The van der Waals surface area contributed by atoms with Crippen LogP contribution in [0, 0.1) is 24.4 Å². The average molecular weight is 401 g/mol. The van der Waals surface area contributed by atoms with E-state index >= 15 is 0 Å². The van der Waals surface area contributed by atoms with Crippen LogP contribution >= 0.6 is 0 Å². The van der Waals surface area contributed by atoms with E-state index in [2.05, 4.69) is 20.6 Å². The van der Waals surface area contributed by atoms with Crippen molar-refractivity contribution in [2.45, 2.75) is 6.92 Å². The summed E-state index contributed by atoms with van der Waals surface area (Å²) in [6.45, 7) is 1.86. The first-order valence-electron chi connectivity index (χ1n) is 8.59. The van der Waals surface area contributed by atoms with E-state index in [1.165, 1.54) is 0 Å². The van der Waals surface area contributed by atoms with E-state index in [9.17, 15) is 18.0 Å². The van der Waals surface area contributed by atoms with Crippen molar-refractivity contribution in [1.29, 1.82) is 0 Å². The third-order valence-corrected chi connectivity index (χ3v) is 3.98. The smallest absolute Gasteiger partial charge is 0.258 e. The second kappa shape index (κ2) is 8.17. The molecule has 29 heavy (non-hydrogen) atoms. The number of nitrogens with one attached hydrogen (secondary N) is 2. The minimum atomic E-state index is -1.69. The maximum Gasteiger partial charge on any atom is 0.258 e. The summed E-state index contributed by atoms with van der Waals surface area (Å²) in [7, 11) is 3.75. The zero-order valence-electron chi connectivity index (χ0n) is 15.9. The Morgan fingerprint density at radius 2 is 1.59 bits per heavy atom. The first-order chi connectivity index (χ1) is 13.7. The molecule has 3 aromatic rings. The highest BCUT2D eigenvalue weighted by Gasteiger charge is 2.18. The molecule has 2 N–H and O–H groups in total. The van der Waals surface area contributed by atoms with Crippen LogP contribution in [-0.2, 0) is 0 Å². The molecule has 6 nitrogen and oxygen atoms in total. The minimum absolute atomic E-state index is 0.351. The van der Waals surface area contributed by atoms with Gasteiger partial charge < -0.3 is 15.5 Å². The van der Waals surface area contributed by atoms with Gasteiger partial charge in [-0.2, -0.15) is 4.98 Å². The number of nitrogens with zero attached hydrogens (tertiary/aromatic N) is 3. The summed E-state index contributed by atoms with van der Waals surface area (Å²) < 4.78 is 40.0. The Labute approximate surface area is 165 Å². The van der Waals surface area contributed by atoms with Crippen molar-refractivity contribution in [2.24, 2.45) is 0 Å². The topological polar surface area (TPSA) is 70.2 Å². The van der Waals surface area contributed by atoms with Gasteiger partial charge in [-0.1, -0.05) is 0 Å².